The Balaban J connectivity index is -0.000000295. The molecule has 2 atom stereocenters. The number of nitrogens with zero attached hydrogens (tertiary/aromatic N) is 1. The van der Waals surface area contributed by atoms with Gasteiger partial charge in [0.15, 0.2) is 0 Å². The highest BCUT2D eigenvalue weighted by atomic mass is 16.5. The number of carbonyl (C=O) groups excluding carboxylic acids is 4. The lowest BCUT2D eigenvalue weighted by atomic mass is 10.1. The Kier molecular flexibility index (Phi) is 29.6. The van der Waals surface area contributed by atoms with E-state index in [-0.39, 0.29) is 11.8 Å². The molecule has 0 bridgehead atoms. The first-order valence-electron chi connectivity index (χ1n) is 10.5. The van der Waals surface area contributed by atoms with E-state index in [1.807, 2.05) is 13.8 Å². The van der Waals surface area contributed by atoms with E-state index in [2.05, 4.69) is 48.2 Å². The second-order valence-corrected chi connectivity index (χ2v) is 5.85. The summed E-state index contributed by atoms with van der Waals surface area (Å²) in [7, 11) is 1.54. The van der Waals surface area contributed by atoms with E-state index in [1.165, 1.54) is 25.1 Å². The second kappa shape index (κ2) is 26.5. The highest BCUT2D eigenvalue weighted by Gasteiger charge is 2.35. The summed E-state index contributed by atoms with van der Waals surface area (Å²) in [6, 6.07) is -1.65. The molecular weight excluding hydrogens is 426 g/mol. The number of likely N-dealkylation sites (tertiary alicyclic amines) is 1. The largest absolute Gasteiger partial charge is 0.383 e. The van der Waals surface area contributed by atoms with E-state index in [1.54, 1.807) is 6.92 Å². The first-order chi connectivity index (χ1) is 15.8. The van der Waals surface area contributed by atoms with E-state index >= 15 is 0 Å². The normalized spacial score (nSPS) is 13.7. The van der Waals surface area contributed by atoms with Crippen molar-refractivity contribution in [3.05, 3.63) is 12.8 Å². The molecule has 1 rings (SSSR count). The van der Waals surface area contributed by atoms with Crippen LogP contribution in [-0.2, 0) is 19.1 Å². The third-order valence-electron chi connectivity index (χ3n) is 3.77. The van der Waals surface area contributed by atoms with Crippen LogP contribution >= 0.6 is 0 Å². The van der Waals surface area contributed by atoms with Crippen molar-refractivity contribution in [2.45, 2.75) is 59.0 Å². The topological polar surface area (TPSA) is 143 Å². The molecule has 10 heteroatoms. The lowest BCUT2D eigenvalue weighted by molar-refractivity contribution is -0.138. The van der Waals surface area contributed by atoms with E-state index in [9.17, 15) is 19.2 Å². The molecule has 5 N–H and O–H groups in total. The summed E-state index contributed by atoms with van der Waals surface area (Å²) in [5.74, 6) is -0.842. The van der Waals surface area contributed by atoms with Crippen LogP contribution in [0.15, 0.2) is 12.8 Å². The first-order valence-corrected chi connectivity index (χ1v) is 10.5. The molecule has 0 unspecified atom stereocenters. The molecule has 0 radical (unpaired) electrons. The molecule has 33 heavy (non-hydrogen) atoms. The second-order valence-electron chi connectivity index (χ2n) is 5.85. The van der Waals surface area contributed by atoms with Gasteiger partial charge in [-0.1, -0.05) is 27.4 Å². The molecule has 5 amide bonds. The fourth-order valence-electron chi connectivity index (χ4n) is 2.48. The number of rotatable bonds is 8. The molecule has 1 aliphatic rings. The Morgan fingerprint density at radius 2 is 1.76 bits per heavy atom. The van der Waals surface area contributed by atoms with Crippen LogP contribution in [0.1, 0.15) is 47.0 Å². The van der Waals surface area contributed by atoms with Crippen LogP contribution in [0, 0.1) is 25.7 Å². The first kappa shape index (κ1) is 36.8. The molecule has 0 saturated carbocycles. The van der Waals surface area contributed by atoms with Crippen LogP contribution in [0.4, 0.5) is 4.79 Å². The van der Waals surface area contributed by atoms with Gasteiger partial charge in [0, 0.05) is 27.1 Å². The van der Waals surface area contributed by atoms with Crippen LogP contribution in [0.25, 0.3) is 0 Å². The van der Waals surface area contributed by atoms with Crippen LogP contribution in [0.2, 0.25) is 0 Å². The summed E-state index contributed by atoms with van der Waals surface area (Å²) in [5.41, 5.74) is 5.30. The number of hydrogen-bond donors (Lipinski definition) is 4. The quantitative estimate of drug-likeness (QED) is 0.311. The van der Waals surface area contributed by atoms with Crippen molar-refractivity contribution in [2.24, 2.45) is 5.73 Å². The zero-order valence-corrected chi connectivity index (χ0v) is 20.6. The molecule has 0 aromatic carbocycles. The number of primary amides is 1. The van der Waals surface area contributed by atoms with Crippen LogP contribution in [0.5, 0.6) is 0 Å². The van der Waals surface area contributed by atoms with Crippen molar-refractivity contribution < 1.29 is 23.9 Å². The summed E-state index contributed by atoms with van der Waals surface area (Å²) in [6.07, 6.45) is 19.1. The maximum absolute atomic E-state index is 12.4. The Labute approximate surface area is 199 Å². The number of nitrogens with two attached hydrogens (primary N) is 1. The number of ether oxygens (including phenoxy) is 1. The average Bonchev–Trinajstić information content (AvgIpc) is 3.32. The minimum atomic E-state index is -0.660. The number of urea groups is 1. The number of methoxy groups -OCH3 is 1. The third kappa shape index (κ3) is 18.9. The molecular formula is C23H41N5O5. The van der Waals surface area contributed by atoms with Gasteiger partial charge in [-0.15, -0.1) is 25.7 Å². The van der Waals surface area contributed by atoms with Crippen molar-refractivity contribution in [1.82, 2.24) is 20.9 Å². The molecule has 0 aromatic rings. The number of hydrogen-bond acceptors (Lipinski definition) is 5. The zero-order chi connectivity index (χ0) is 26.8. The lowest BCUT2D eigenvalue weighted by Crippen LogP contribution is -2.54. The predicted molar refractivity (Wildman–Crippen MR) is 132 cm³/mol. The standard InChI is InChI=1S/C13H24N4O4.C4H7NO.C2H6.2C2H2/c1-3-9(16-13(20)15-6-8-21-2)12(19)17-7-4-5-10(17)11(14)18;1-3-5-4(2)6;3*1-2/h9-10H,3-8H2,1-2H3,(H2,14,18)(H2,15,16,20);3H,1H2,2H3,(H,5,6);1-2H3;2*1-2H/t9-,10-;;;;/m0..../s1. The maximum atomic E-state index is 12.4. The van der Waals surface area contributed by atoms with Gasteiger partial charge in [-0.2, -0.15) is 0 Å². The zero-order valence-electron chi connectivity index (χ0n) is 20.6. The lowest BCUT2D eigenvalue weighted by Gasteiger charge is -2.27. The highest BCUT2D eigenvalue weighted by molar-refractivity contribution is 5.91. The Bertz CT molecular complexity index is 599. The molecule has 1 fully saturated rings. The molecule has 0 spiro atoms. The summed E-state index contributed by atoms with van der Waals surface area (Å²) in [6.45, 7) is 11.8. The van der Waals surface area contributed by atoms with Crippen LogP contribution in [0.3, 0.4) is 0 Å². The van der Waals surface area contributed by atoms with Gasteiger partial charge in [0.05, 0.1) is 6.61 Å². The van der Waals surface area contributed by atoms with Gasteiger partial charge in [0.2, 0.25) is 17.7 Å². The van der Waals surface area contributed by atoms with Crippen molar-refractivity contribution in [2.75, 3.05) is 26.8 Å². The third-order valence-corrected chi connectivity index (χ3v) is 3.77. The Morgan fingerprint density at radius 3 is 2.12 bits per heavy atom. The average molecular weight is 468 g/mol. The Hall–Kier alpha value is -3.50. The minimum Gasteiger partial charge on any atom is -0.383 e. The van der Waals surface area contributed by atoms with Crippen LogP contribution < -0.4 is 21.7 Å². The minimum absolute atomic E-state index is 0.0787. The summed E-state index contributed by atoms with van der Waals surface area (Å²) < 4.78 is 4.82. The molecule has 0 aliphatic carbocycles. The van der Waals surface area contributed by atoms with Crippen molar-refractivity contribution >= 4 is 23.8 Å². The van der Waals surface area contributed by atoms with E-state index in [0.717, 1.165) is 6.42 Å². The van der Waals surface area contributed by atoms with Gasteiger partial charge in [0.25, 0.3) is 0 Å². The van der Waals surface area contributed by atoms with Gasteiger partial charge in [-0.3, -0.25) is 14.4 Å². The molecule has 1 aliphatic heterocycles. The SMILES string of the molecule is C#C.C#C.C=CNC(C)=O.CC.CC[C@H](NC(=O)NCCOC)C(=O)N1CCC[C@H]1C(N)=O. The highest BCUT2D eigenvalue weighted by Crippen LogP contribution is 2.18. The van der Waals surface area contributed by atoms with E-state index in [4.69, 9.17) is 10.5 Å². The predicted octanol–water partition coefficient (Wildman–Crippen LogP) is 0.978. The molecule has 1 heterocycles. The van der Waals surface area contributed by atoms with E-state index in [0.29, 0.717) is 32.5 Å². The Morgan fingerprint density at radius 1 is 1.21 bits per heavy atom. The van der Waals surface area contributed by atoms with Gasteiger partial charge < -0.3 is 31.3 Å². The summed E-state index contributed by atoms with van der Waals surface area (Å²) in [5, 5.41) is 7.54. The fraction of sp³-hybridized carbons (Fsp3) is 0.565. The maximum Gasteiger partial charge on any atom is 0.315 e. The molecule has 0 aromatic heterocycles. The van der Waals surface area contributed by atoms with Gasteiger partial charge in [-0.25, -0.2) is 4.79 Å². The number of amides is 5. The summed E-state index contributed by atoms with van der Waals surface area (Å²) in [4.78, 5) is 46.8. The monoisotopic (exact) mass is 467 g/mol. The van der Waals surface area contributed by atoms with Crippen molar-refractivity contribution in [1.29, 1.82) is 0 Å². The van der Waals surface area contributed by atoms with E-state index < -0.39 is 24.0 Å². The molecule has 10 nitrogen and oxygen atoms in total. The van der Waals surface area contributed by atoms with Crippen LogP contribution in [-0.4, -0.2) is 67.5 Å². The number of terminal acetylenes is 2. The van der Waals surface area contributed by atoms with Crippen molar-refractivity contribution in [3.63, 3.8) is 0 Å². The fourth-order valence-corrected chi connectivity index (χ4v) is 2.48. The number of carbonyl (C=O) groups is 4. The summed E-state index contributed by atoms with van der Waals surface area (Å²) >= 11 is 0. The van der Waals surface area contributed by atoms with Gasteiger partial charge in [-0.05, 0) is 25.5 Å². The smallest absolute Gasteiger partial charge is 0.315 e. The van der Waals surface area contributed by atoms with Gasteiger partial charge in [0.1, 0.15) is 12.1 Å². The van der Waals surface area contributed by atoms with Gasteiger partial charge >= 0.3 is 6.03 Å². The van der Waals surface area contributed by atoms with Crippen molar-refractivity contribution in [3.8, 4) is 25.7 Å². The number of nitrogens with one attached hydrogen (secondary N) is 3. The molecule has 188 valence electrons. The molecule has 1 saturated heterocycles.